The summed E-state index contributed by atoms with van der Waals surface area (Å²) in [6, 6.07) is 6.98. The minimum Gasteiger partial charge on any atom is -0.492 e. The summed E-state index contributed by atoms with van der Waals surface area (Å²) in [6.07, 6.45) is -4.62. The summed E-state index contributed by atoms with van der Waals surface area (Å²) in [5, 5.41) is 2.48. The van der Waals surface area contributed by atoms with Crippen LogP contribution in [0, 0.1) is 12.7 Å². The zero-order chi connectivity index (χ0) is 19.3. The lowest BCUT2D eigenvalue weighted by atomic mass is 10.1. The smallest absolute Gasteiger partial charge is 0.416 e. The van der Waals surface area contributed by atoms with E-state index in [1.165, 1.54) is 6.07 Å². The lowest BCUT2D eigenvalue weighted by Crippen LogP contribution is -2.23. The van der Waals surface area contributed by atoms with Gasteiger partial charge in [-0.1, -0.05) is 12.1 Å². The summed E-state index contributed by atoms with van der Waals surface area (Å²) >= 11 is 0. The van der Waals surface area contributed by atoms with Crippen LogP contribution in [0.1, 0.15) is 27.0 Å². The molecule has 8 heteroatoms. The summed E-state index contributed by atoms with van der Waals surface area (Å²) in [5.41, 5.74) is 5.37. The van der Waals surface area contributed by atoms with Crippen molar-refractivity contribution in [3.05, 3.63) is 64.5 Å². The number of carbonyl (C=O) groups excluding carboxylic acids is 1. The maximum Gasteiger partial charge on any atom is 0.416 e. The maximum atomic E-state index is 13.8. The zero-order valence-corrected chi connectivity index (χ0v) is 14.0. The highest BCUT2D eigenvalue weighted by Crippen LogP contribution is 2.30. The van der Waals surface area contributed by atoms with E-state index in [1.807, 2.05) is 6.92 Å². The van der Waals surface area contributed by atoms with Crippen LogP contribution < -0.4 is 15.8 Å². The van der Waals surface area contributed by atoms with E-state index in [9.17, 15) is 22.4 Å². The van der Waals surface area contributed by atoms with Crippen molar-refractivity contribution < 1.29 is 27.1 Å². The number of alkyl halides is 3. The van der Waals surface area contributed by atoms with Crippen LogP contribution in [-0.4, -0.2) is 19.1 Å². The van der Waals surface area contributed by atoms with Gasteiger partial charge in [-0.05, 0) is 36.8 Å². The van der Waals surface area contributed by atoms with Crippen LogP contribution in [0.25, 0.3) is 0 Å². The Labute approximate surface area is 148 Å². The Morgan fingerprint density at radius 3 is 2.54 bits per heavy atom. The van der Waals surface area contributed by atoms with E-state index in [2.05, 4.69) is 5.32 Å². The molecule has 0 unspecified atom stereocenters. The number of nitrogens with two attached hydrogens (primary N) is 1. The standard InChI is InChI=1S/C18H18F4N2O2/c1-11-2-3-12(8-16(11)26-7-6-23)17(25)24-10-13-4-5-14(9-15(13)19)18(20,21)22/h2-5,8-9H,6-7,10,23H2,1H3,(H,24,25). The Hall–Kier alpha value is -2.61. The first-order valence-electron chi connectivity index (χ1n) is 7.79. The quantitative estimate of drug-likeness (QED) is 0.766. The number of amides is 1. The topological polar surface area (TPSA) is 64.3 Å². The molecule has 0 aliphatic heterocycles. The molecule has 0 saturated heterocycles. The maximum absolute atomic E-state index is 13.8. The Morgan fingerprint density at radius 1 is 1.19 bits per heavy atom. The average Bonchev–Trinajstić information content (AvgIpc) is 2.58. The van der Waals surface area contributed by atoms with Crippen LogP contribution in [0.15, 0.2) is 36.4 Å². The van der Waals surface area contributed by atoms with Crippen LogP contribution in [0.5, 0.6) is 5.75 Å². The Balaban J connectivity index is 2.07. The number of rotatable bonds is 6. The number of benzene rings is 2. The van der Waals surface area contributed by atoms with Crippen LogP contribution in [-0.2, 0) is 12.7 Å². The van der Waals surface area contributed by atoms with Crippen LogP contribution in [0.4, 0.5) is 17.6 Å². The van der Waals surface area contributed by atoms with Gasteiger partial charge in [0.05, 0.1) is 5.56 Å². The molecule has 2 rings (SSSR count). The van der Waals surface area contributed by atoms with Gasteiger partial charge >= 0.3 is 6.18 Å². The average molecular weight is 370 g/mol. The van der Waals surface area contributed by atoms with Gasteiger partial charge in [-0.2, -0.15) is 13.2 Å². The molecule has 0 saturated carbocycles. The molecule has 0 aromatic heterocycles. The lowest BCUT2D eigenvalue weighted by Gasteiger charge is -2.12. The summed E-state index contributed by atoms with van der Waals surface area (Å²) in [4.78, 5) is 12.2. The van der Waals surface area contributed by atoms with Crippen LogP contribution in [0.3, 0.4) is 0 Å². The van der Waals surface area contributed by atoms with Gasteiger partial charge in [-0.3, -0.25) is 4.79 Å². The van der Waals surface area contributed by atoms with Gasteiger partial charge in [0.2, 0.25) is 0 Å². The van der Waals surface area contributed by atoms with E-state index in [0.29, 0.717) is 25.0 Å². The zero-order valence-electron chi connectivity index (χ0n) is 14.0. The molecule has 26 heavy (non-hydrogen) atoms. The number of hydrogen-bond donors (Lipinski definition) is 2. The van der Waals surface area contributed by atoms with E-state index < -0.39 is 23.5 Å². The molecular formula is C18H18F4N2O2. The number of hydrogen-bond acceptors (Lipinski definition) is 3. The summed E-state index contributed by atoms with van der Waals surface area (Å²) in [5.74, 6) is -1.03. The summed E-state index contributed by atoms with van der Waals surface area (Å²) in [7, 11) is 0. The van der Waals surface area contributed by atoms with E-state index in [0.717, 1.165) is 17.7 Å². The van der Waals surface area contributed by atoms with Crippen LogP contribution >= 0.6 is 0 Å². The highest BCUT2D eigenvalue weighted by Gasteiger charge is 2.31. The van der Waals surface area contributed by atoms with Crippen molar-refractivity contribution in [3.63, 3.8) is 0 Å². The minimum atomic E-state index is -4.62. The van der Waals surface area contributed by atoms with Crippen molar-refractivity contribution in [1.29, 1.82) is 0 Å². The summed E-state index contributed by atoms with van der Waals surface area (Å²) < 4.78 is 56.9. The predicted molar refractivity (Wildman–Crippen MR) is 88.3 cm³/mol. The fourth-order valence-corrected chi connectivity index (χ4v) is 2.21. The highest BCUT2D eigenvalue weighted by atomic mass is 19.4. The van der Waals surface area contributed by atoms with E-state index >= 15 is 0 Å². The van der Waals surface area contributed by atoms with Gasteiger partial charge in [0, 0.05) is 24.2 Å². The molecule has 2 aromatic carbocycles. The molecule has 0 atom stereocenters. The Bertz CT molecular complexity index is 791. The lowest BCUT2D eigenvalue weighted by molar-refractivity contribution is -0.137. The Morgan fingerprint density at radius 2 is 1.92 bits per heavy atom. The van der Waals surface area contributed by atoms with E-state index in [-0.39, 0.29) is 17.7 Å². The third-order valence-corrected chi connectivity index (χ3v) is 3.65. The van der Waals surface area contributed by atoms with Crippen molar-refractivity contribution in [2.75, 3.05) is 13.2 Å². The van der Waals surface area contributed by atoms with Gasteiger partial charge in [0.15, 0.2) is 0 Å². The van der Waals surface area contributed by atoms with Gasteiger partial charge in [-0.25, -0.2) is 4.39 Å². The third-order valence-electron chi connectivity index (χ3n) is 3.65. The molecule has 0 aliphatic rings. The molecule has 4 nitrogen and oxygen atoms in total. The predicted octanol–water partition coefficient (Wildman–Crippen LogP) is 3.42. The minimum absolute atomic E-state index is 0.0435. The summed E-state index contributed by atoms with van der Waals surface area (Å²) in [6.45, 7) is 2.19. The molecule has 140 valence electrons. The molecule has 0 heterocycles. The molecule has 0 aliphatic carbocycles. The van der Waals surface area contributed by atoms with E-state index in [4.69, 9.17) is 10.5 Å². The molecule has 0 bridgehead atoms. The highest BCUT2D eigenvalue weighted by molar-refractivity contribution is 5.94. The SMILES string of the molecule is Cc1ccc(C(=O)NCc2ccc(C(F)(F)F)cc2F)cc1OCCN. The molecule has 0 radical (unpaired) electrons. The number of carbonyl (C=O) groups is 1. The monoisotopic (exact) mass is 370 g/mol. The molecule has 1 amide bonds. The molecular weight excluding hydrogens is 352 g/mol. The van der Waals surface area contributed by atoms with Crippen molar-refractivity contribution >= 4 is 5.91 Å². The van der Waals surface area contributed by atoms with Gasteiger partial charge in [-0.15, -0.1) is 0 Å². The van der Waals surface area contributed by atoms with Gasteiger partial charge in [0.25, 0.3) is 5.91 Å². The Kier molecular flexibility index (Phi) is 6.20. The second kappa shape index (κ2) is 8.18. The fraction of sp³-hybridized carbons (Fsp3) is 0.278. The second-order valence-electron chi connectivity index (χ2n) is 5.60. The molecule has 0 fully saturated rings. The van der Waals surface area contributed by atoms with Crippen molar-refractivity contribution in [2.45, 2.75) is 19.6 Å². The fourth-order valence-electron chi connectivity index (χ4n) is 2.21. The van der Waals surface area contributed by atoms with Gasteiger partial charge < -0.3 is 15.8 Å². The first-order chi connectivity index (χ1) is 12.2. The first-order valence-corrected chi connectivity index (χ1v) is 7.79. The van der Waals surface area contributed by atoms with Crippen molar-refractivity contribution in [3.8, 4) is 5.75 Å². The first kappa shape index (κ1) is 19.7. The number of halogens is 4. The second-order valence-corrected chi connectivity index (χ2v) is 5.60. The number of aryl methyl sites for hydroxylation is 1. The van der Waals surface area contributed by atoms with E-state index in [1.54, 1.807) is 12.1 Å². The largest absolute Gasteiger partial charge is 0.492 e. The van der Waals surface area contributed by atoms with Crippen molar-refractivity contribution in [2.24, 2.45) is 5.73 Å². The molecule has 3 N–H and O–H groups in total. The third kappa shape index (κ3) is 4.95. The van der Waals surface area contributed by atoms with Crippen molar-refractivity contribution in [1.82, 2.24) is 5.32 Å². The van der Waals surface area contributed by atoms with Crippen LogP contribution in [0.2, 0.25) is 0 Å². The number of nitrogens with one attached hydrogen (secondary N) is 1. The molecule has 2 aromatic rings. The normalized spacial score (nSPS) is 11.3. The molecule has 0 spiro atoms. The van der Waals surface area contributed by atoms with Gasteiger partial charge in [0.1, 0.15) is 18.2 Å². The number of ether oxygens (including phenoxy) is 1.